The minimum absolute atomic E-state index is 0.0517. The fourth-order valence-electron chi connectivity index (χ4n) is 3.45. The largest absolute Gasteiger partial charge is 0.477 e. The zero-order chi connectivity index (χ0) is 22.5. The van der Waals surface area contributed by atoms with Crippen LogP contribution < -0.4 is 15.5 Å². The first kappa shape index (κ1) is 22.2. The Morgan fingerprint density at radius 3 is 2.75 bits per heavy atom. The van der Waals surface area contributed by atoms with Crippen molar-refractivity contribution in [3.8, 4) is 0 Å². The maximum Gasteiger partial charge on any atom is 0.353 e. The van der Waals surface area contributed by atoms with Gasteiger partial charge < -0.3 is 20.3 Å². The fourth-order valence-corrected chi connectivity index (χ4v) is 5.13. The first-order chi connectivity index (χ1) is 15.5. The molecule has 4 rings (SSSR count). The number of nitrogens with one attached hydrogen (secondary N) is 3. The van der Waals surface area contributed by atoms with E-state index in [1.54, 1.807) is 6.20 Å². The number of carboxylic acid groups (broad SMARTS) is 1. The lowest BCUT2D eigenvalue weighted by molar-refractivity contribution is 0.0690. The maximum absolute atomic E-state index is 12.6. The van der Waals surface area contributed by atoms with Crippen LogP contribution in [0.2, 0.25) is 0 Å². The van der Waals surface area contributed by atoms with Gasteiger partial charge >= 0.3 is 12.0 Å². The number of aryl methyl sites for hydroxylation is 1. The van der Waals surface area contributed by atoms with E-state index in [0.717, 1.165) is 47.7 Å². The van der Waals surface area contributed by atoms with Gasteiger partial charge in [-0.05, 0) is 43.9 Å². The van der Waals surface area contributed by atoms with Crippen LogP contribution in [0.15, 0.2) is 35.7 Å². The third-order valence-electron chi connectivity index (χ3n) is 5.01. The molecule has 0 radical (unpaired) electrons. The molecule has 2 aromatic heterocycles. The third-order valence-corrected chi connectivity index (χ3v) is 7.04. The number of carbonyl (C=O) groups is 2. The van der Waals surface area contributed by atoms with Gasteiger partial charge in [0, 0.05) is 29.9 Å². The van der Waals surface area contributed by atoms with Gasteiger partial charge in [0.25, 0.3) is 0 Å². The van der Waals surface area contributed by atoms with Crippen LogP contribution in [0.4, 0.5) is 21.3 Å². The number of urea groups is 1. The van der Waals surface area contributed by atoms with Crippen LogP contribution in [0, 0.1) is 6.92 Å². The van der Waals surface area contributed by atoms with E-state index in [-0.39, 0.29) is 11.7 Å². The van der Waals surface area contributed by atoms with Crippen molar-refractivity contribution in [3.05, 3.63) is 46.7 Å². The van der Waals surface area contributed by atoms with Gasteiger partial charge in [-0.3, -0.25) is 5.32 Å². The highest BCUT2D eigenvalue weighted by Gasteiger charge is 2.17. The zero-order valence-electron chi connectivity index (χ0n) is 17.6. The molecule has 2 amide bonds. The fraction of sp³-hybridized carbons (Fsp3) is 0.333. The molecule has 11 heteroatoms. The molecule has 0 atom stereocenters. The summed E-state index contributed by atoms with van der Waals surface area (Å²) in [5.74, 6) is -0.485. The van der Waals surface area contributed by atoms with Crippen LogP contribution in [0.5, 0.6) is 0 Å². The van der Waals surface area contributed by atoms with E-state index in [4.69, 9.17) is 5.11 Å². The highest BCUT2D eigenvalue weighted by molar-refractivity contribution is 7.98. The van der Waals surface area contributed by atoms with Gasteiger partial charge in [-0.15, -0.1) is 11.3 Å². The predicted molar refractivity (Wildman–Crippen MR) is 127 cm³/mol. The van der Waals surface area contributed by atoms with E-state index in [2.05, 4.69) is 43.5 Å². The van der Waals surface area contributed by atoms with Gasteiger partial charge in [-0.25, -0.2) is 19.6 Å². The van der Waals surface area contributed by atoms with Crippen LogP contribution in [-0.4, -0.2) is 45.1 Å². The number of aromatic carboxylic acids is 1. The number of carbonyl (C=O) groups excluding carboxylic acids is 1. The van der Waals surface area contributed by atoms with Gasteiger partial charge in [0.2, 0.25) is 0 Å². The molecule has 1 aliphatic heterocycles. The number of anilines is 3. The molecule has 1 aliphatic rings. The minimum Gasteiger partial charge on any atom is -0.477 e. The van der Waals surface area contributed by atoms with Gasteiger partial charge in [0.1, 0.15) is 5.69 Å². The van der Waals surface area contributed by atoms with Crippen molar-refractivity contribution in [2.75, 3.05) is 28.6 Å². The Hall–Kier alpha value is -3.05. The summed E-state index contributed by atoms with van der Waals surface area (Å²) in [6.45, 7) is 4.05. The summed E-state index contributed by atoms with van der Waals surface area (Å²) in [5.41, 5.74) is 3.05. The Labute approximate surface area is 193 Å². The normalized spacial score (nSPS) is 13.7. The summed E-state index contributed by atoms with van der Waals surface area (Å²) in [4.78, 5) is 37.8. The Balaban J connectivity index is 1.35. The molecule has 0 unspecified atom stereocenters. The van der Waals surface area contributed by atoms with Crippen molar-refractivity contribution in [2.45, 2.75) is 37.1 Å². The summed E-state index contributed by atoms with van der Waals surface area (Å²) in [6, 6.07) is 5.71. The SMILES string of the molecule is Cc1ccc(NC(=O)Nc2ncc(CSc3ncc(C(=O)O)[nH]3)s2)c(N2CCCCC2)c1. The number of piperidine rings is 1. The average molecular weight is 473 g/mol. The lowest BCUT2D eigenvalue weighted by atomic mass is 10.1. The summed E-state index contributed by atoms with van der Waals surface area (Å²) >= 11 is 2.74. The van der Waals surface area contributed by atoms with E-state index in [9.17, 15) is 9.59 Å². The number of benzene rings is 1. The molecule has 1 saturated heterocycles. The molecule has 0 spiro atoms. The maximum atomic E-state index is 12.6. The van der Waals surface area contributed by atoms with Crippen molar-refractivity contribution < 1.29 is 14.7 Å². The number of rotatable bonds is 7. The second-order valence-electron chi connectivity index (χ2n) is 7.48. The van der Waals surface area contributed by atoms with E-state index in [0.29, 0.717) is 16.0 Å². The molecule has 0 bridgehead atoms. The molecule has 32 heavy (non-hydrogen) atoms. The molecular weight excluding hydrogens is 448 g/mol. The first-order valence-electron chi connectivity index (χ1n) is 10.3. The zero-order valence-corrected chi connectivity index (χ0v) is 19.2. The lowest BCUT2D eigenvalue weighted by Crippen LogP contribution is -2.31. The molecule has 0 saturated carbocycles. The van der Waals surface area contributed by atoms with Crippen molar-refractivity contribution in [1.82, 2.24) is 15.0 Å². The molecule has 9 nitrogen and oxygen atoms in total. The van der Waals surface area contributed by atoms with Gasteiger partial charge in [0.15, 0.2) is 10.3 Å². The number of nitrogens with zero attached hydrogens (tertiary/aromatic N) is 3. The Kier molecular flexibility index (Phi) is 6.96. The van der Waals surface area contributed by atoms with E-state index in [1.807, 2.05) is 12.1 Å². The second kappa shape index (κ2) is 10.0. The molecule has 1 fully saturated rings. The topological polar surface area (TPSA) is 123 Å². The Morgan fingerprint density at radius 1 is 1.19 bits per heavy atom. The summed E-state index contributed by atoms with van der Waals surface area (Å²) < 4.78 is 0. The average Bonchev–Trinajstić information content (AvgIpc) is 3.44. The third kappa shape index (κ3) is 5.60. The predicted octanol–water partition coefficient (Wildman–Crippen LogP) is 4.80. The van der Waals surface area contributed by atoms with Crippen LogP contribution in [0.1, 0.15) is 40.2 Å². The van der Waals surface area contributed by atoms with E-state index < -0.39 is 5.97 Å². The number of imidazole rings is 1. The minimum atomic E-state index is -1.04. The standard InChI is InChI=1S/C21H24N6O3S2/c1-13-5-6-15(17(9-13)27-7-3-2-4-8-27)24-19(30)26-21-22-10-14(32-21)12-31-20-23-11-16(25-20)18(28)29/h5-6,9-11H,2-4,7-8,12H2,1H3,(H,23,25)(H,28,29)(H2,22,24,26,30). The lowest BCUT2D eigenvalue weighted by Gasteiger charge is -2.30. The Bertz CT molecular complexity index is 1110. The van der Waals surface area contributed by atoms with Crippen LogP contribution in [-0.2, 0) is 5.75 Å². The number of aromatic nitrogens is 3. The summed E-state index contributed by atoms with van der Waals surface area (Å²) in [7, 11) is 0. The highest BCUT2D eigenvalue weighted by atomic mass is 32.2. The molecule has 3 aromatic rings. The van der Waals surface area contributed by atoms with Gasteiger partial charge in [0.05, 0.1) is 17.6 Å². The number of thioether (sulfide) groups is 1. The highest BCUT2D eigenvalue weighted by Crippen LogP contribution is 2.30. The molecule has 168 valence electrons. The second-order valence-corrected chi connectivity index (χ2v) is 9.55. The monoisotopic (exact) mass is 472 g/mol. The molecule has 1 aromatic carbocycles. The molecule has 4 N–H and O–H groups in total. The van der Waals surface area contributed by atoms with Gasteiger partial charge in [-0.1, -0.05) is 17.8 Å². The summed E-state index contributed by atoms with van der Waals surface area (Å²) in [5, 5.41) is 15.7. The molecule has 0 aliphatic carbocycles. The number of H-pyrrole nitrogens is 1. The van der Waals surface area contributed by atoms with E-state index >= 15 is 0 Å². The Morgan fingerprint density at radius 2 is 2.00 bits per heavy atom. The number of hydrogen-bond acceptors (Lipinski definition) is 7. The molecule has 3 heterocycles. The number of amides is 2. The van der Waals surface area contributed by atoms with E-state index in [1.165, 1.54) is 35.7 Å². The smallest absolute Gasteiger partial charge is 0.353 e. The van der Waals surface area contributed by atoms with Crippen molar-refractivity contribution in [3.63, 3.8) is 0 Å². The number of carboxylic acids is 1. The van der Waals surface area contributed by atoms with Crippen LogP contribution >= 0.6 is 23.1 Å². The number of thiazole rings is 1. The van der Waals surface area contributed by atoms with Crippen LogP contribution in [0.25, 0.3) is 0 Å². The number of hydrogen-bond donors (Lipinski definition) is 4. The summed E-state index contributed by atoms with van der Waals surface area (Å²) in [6.07, 6.45) is 6.55. The quantitative estimate of drug-likeness (QED) is 0.364. The van der Waals surface area contributed by atoms with Crippen molar-refractivity contribution >= 4 is 51.6 Å². The molecular formula is C21H24N6O3S2. The van der Waals surface area contributed by atoms with Crippen molar-refractivity contribution in [1.29, 1.82) is 0 Å². The van der Waals surface area contributed by atoms with Gasteiger partial charge in [-0.2, -0.15) is 0 Å². The van der Waals surface area contributed by atoms with Crippen molar-refractivity contribution in [2.24, 2.45) is 0 Å². The van der Waals surface area contributed by atoms with Crippen LogP contribution in [0.3, 0.4) is 0 Å². The number of aromatic amines is 1. The first-order valence-corrected chi connectivity index (χ1v) is 12.1.